The summed E-state index contributed by atoms with van der Waals surface area (Å²) in [5.74, 6) is -0.167. The highest BCUT2D eigenvalue weighted by molar-refractivity contribution is 5.37. The maximum atomic E-state index is 13.2. The molecule has 3 heteroatoms. The Morgan fingerprint density at radius 2 is 2.31 bits per heavy atom. The molecule has 0 radical (unpaired) electrons. The number of halogens is 1. The van der Waals surface area contributed by atoms with Gasteiger partial charge in [0.2, 0.25) is 0 Å². The summed E-state index contributed by atoms with van der Waals surface area (Å²) < 4.78 is 18.1. The van der Waals surface area contributed by atoms with Crippen molar-refractivity contribution in [3.63, 3.8) is 0 Å². The molecule has 70 valence electrons. The fraction of sp³-hybridized carbons (Fsp3) is 0.200. The lowest BCUT2D eigenvalue weighted by molar-refractivity contribution is 0.217. The smallest absolute Gasteiger partial charge is 0.133 e. The van der Waals surface area contributed by atoms with Gasteiger partial charge in [-0.15, -0.1) is 6.58 Å². The van der Waals surface area contributed by atoms with E-state index in [1.807, 2.05) is 0 Å². The lowest BCUT2D eigenvalue weighted by Crippen LogP contribution is -2.00. The molecule has 1 atom stereocenters. The van der Waals surface area contributed by atoms with Crippen LogP contribution >= 0.6 is 0 Å². The Bertz CT molecular complexity index is 310. The largest absolute Gasteiger partial charge is 0.496 e. The maximum Gasteiger partial charge on any atom is 0.133 e. The molecule has 2 nitrogen and oxygen atoms in total. The van der Waals surface area contributed by atoms with Crippen LogP contribution in [0.3, 0.4) is 0 Å². The molecule has 0 saturated carbocycles. The van der Waals surface area contributed by atoms with Crippen LogP contribution in [0.1, 0.15) is 11.7 Å². The van der Waals surface area contributed by atoms with Crippen molar-refractivity contribution in [3.05, 3.63) is 42.2 Å². The average molecular weight is 182 g/mol. The third-order valence-electron chi connectivity index (χ3n) is 1.75. The molecule has 0 spiro atoms. The minimum absolute atomic E-state index is 0.125. The Labute approximate surface area is 76.3 Å². The van der Waals surface area contributed by atoms with Gasteiger partial charge in [-0.3, -0.25) is 0 Å². The molecule has 1 unspecified atom stereocenters. The standard InChI is InChI=1S/C10H11FO2/c1-3-8(12)10-7(11)5-4-6-9(10)13-2/h3-6,8,12H,1H2,2H3. The lowest BCUT2D eigenvalue weighted by atomic mass is 10.1. The number of methoxy groups -OCH3 is 1. The quantitative estimate of drug-likeness (QED) is 0.725. The second-order valence-corrected chi connectivity index (χ2v) is 2.54. The number of aliphatic hydroxyl groups excluding tert-OH is 1. The molecule has 13 heavy (non-hydrogen) atoms. The normalized spacial score (nSPS) is 12.2. The van der Waals surface area contributed by atoms with Crippen LogP contribution in [0, 0.1) is 5.82 Å². The highest BCUT2D eigenvalue weighted by Gasteiger charge is 2.14. The lowest BCUT2D eigenvalue weighted by Gasteiger charge is -2.11. The Balaban J connectivity index is 3.22. The summed E-state index contributed by atoms with van der Waals surface area (Å²) >= 11 is 0. The predicted octanol–water partition coefficient (Wildman–Crippen LogP) is 2.05. The van der Waals surface area contributed by atoms with E-state index >= 15 is 0 Å². The molecular formula is C10H11FO2. The third kappa shape index (κ3) is 1.87. The van der Waals surface area contributed by atoms with E-state index in [2.05, 4.69) is 6.58 Å². The van der Waals surface area contributed by atoms with E-state index in [4.69, 9.17) is 4.74 Å². The van der Waals surface area contributed by atoms with Crippen molar-refractivity contribution in [2.24, 2.45) is 0 Å². The molecule has 0 amide bonds. The first-order chi connectivity index (χ1) is 6.20. The number of hydrogen-bond acceptors (Lipinski definition) is 2. The van der Waals surface area contributed by atoms with Gasteiger partial charge >= 0.3 is 0 Å². The molecule has 1 rings (SSSR count). The van der Waals surface area contributed by atoms with Crippen molar-refractivity contribution in [2.75, 3.05) is 7.11 Å². The number of ether oxygens (including phenoxy) is 1. The van der Waals surface area contributed by atoms with E-state index in [1.165, 1.54) is 25.3 Å². The minimum atomic E-state index is -1.03. The van der Waals surface area contributed by atoms with Gasteiger partial charge in [-0.25, -0.2) is 4.39 Å². The summed E-state index contributed by atoms with van der Waals surface area (Å²) in [6.45, 7) is 3.38. The fourth-order valence-corrected chi connectivity index (χ4v) is 1.10. The molecule has 1 aromatic carbocycles. The number of hydrogen-bond donors (Lipinski definition) is 1. The van der Waals surface area contributed by atoms with Gasteiger partial charge in [-0.05, 0) is 12.1 Å². The van der Waals surface area contributed by atoms with Gasteiger partial charge in [-0.1, -0.05) is 12.1 Å². The third-order valence-corrected chi connectivity index (χ3v) is 1.75. The molecule has 0 aliphatic carbocycles. The highest BCUT2D eigenvalue weighted by Crippen LogP contribution is 2.27. The van der Waals surface area contributed by atoms with Crippen LogP contribution in [0.2, 0.25) is 0 Å². The molecule has 0 bridgehead atoms. The second kappa shape index (κ2) is 4.05. The van der Waals surface area contributed by atoms with Crippen molar-refractivity contribution in [3.8, 4) is 5.75 Å². The van der Waals surface area contributed by atoms with Gasteiger partial charge in [0.05, 0.1) is 12.7 Å². The van der Waals surface area contributed by atoms with Crippen LogP contribution < -0.4 is 4.74 Å². The first-order valence-electron chi connectivity index (χ1n) is 3.83. The number of benzene rings is 1. The van der Waals surface area contributed by atoms with Gasteiger partial charge in [0.1, 0.15) is 17.7 Å². The molecular weight excluding hydrogens is 171 g/mol. The molecule has 0 aromatic heterocycles. The van der Waals surface area contributed by atoms with Crippen molar-refractivity contribution < 1.29 is 14.2 Å². The first kappa shape index (κ1) is 9.74. The van der Waals surface area contributed by atoms with E-state index in [9.17, 15) is 9.50 Å². The van der Waals surface area contributed by atoms with Gasteiger partial charge < -0.3 is 9.84 Å². The van der Waals surface area contributed by atoms with E-state index in [0.29, 0.717) is 5.75 Å². The Morgan fingerprint density at radius 1 is 1.62 bits per heavy atom. The Kier molecular flexibility index (Phi) is 3.03. The SMILES string of the molecule is C=CC(O)c1c(F)cccc1OC. The summed E-state index contributed by atoms with van der Waals surface area (Å²) in [5.41, 5.74) is 0.125. The van der Waals surface area contributed by atoms with Crippen molar-refractivity contribution in [1.82, 2.24) is 0 Å². The predicted molar refractivity (Wildman–Crippen MR) is 48.1 cm³/mol. The van der Waals surface area contributed by atoms with Crippen molar-refractivity contribution in [2.45, 2.75) is 6.10 Å². The molecule has 0 fully saturated rings. The van der Waals surface area contributed by atoms with Crippen LogP contribution in [-0.2, 0) is 0 Å². The number of aliphatic hydroxyl groups is 1. The van der Waals surface area contributed by atoms with E-state index in [-0.39, 0.29) is 5.56 Å². The molecule has 0 aliphatic rings. The fourth-order valence-electron chi connectivity index (χ4n) is 1.10. The van der Waals surface area contributed by atoms with E-state index in [1.54, 1.807) is 6.07 Å². The van der Waals surface area contributed by atoms with E-state index < -0.39 is 11.9 Å². The van der Waals surface area contributed by atoms with Crippen LogP contribution in [-0.4, -0.2) is 12.2 Å². The summed E-state index contributed by atoms with van der Waals surface area (Å²) in [4.78, 5) is 0. The molecule has 0 saturated heterocycles. The summed E-state index contributed by atoms with van der Waals surface area (Å²) in [6, 6.07) is 4.38. The minimum Gasteiger partial charge on any atom is -0.496 e. The first-order valence-corrected chi connectivity index (χ1v) is 3.83. The topological polar surface area (TPSA) is 29.5 Å². The average Bonchev–Trinajstić information content (AvgIpc) is 2.16. The van der Waals surface area contributed by atoms with Gasteiger partial charge in [0.15, 0.2) is 0 Å². The molecule has 0 aliphatic heterocycles. The van der Waals surface area contributed by atoms with Crippen LogP contribution in [0.15, 0.2) is 30.9 Å². The summed E-state index contributed by atoms with van der Waals surface area (Å²) in [6.07, 6.45) is 0.220. The van der Waals surface area contributed by atoms with Crippen molar-refractivity contribution in [1.29, 1.82) is 0 Å². The Morgan fingerprint density at radius 3 is 2.85 bits per heavy atom. The number of rotatable bonds is 3. The zero-order valence-corrected chi connectivity index (χ0v) is 7.33. The van der Waals surface area contributed by atoms with Gasteiger partial charge in [0, 0.05) is 0 Å². The molecule has 0 heterocycles. The summed E-state index contributed by atoms with van der Waals surface area (Å²) in [5, 5.41) is 9.38. The zero-order valence-electron chi connectivity index (χ0n) is 7.33. The van der Waals surface area contributed by atoms with Crippen LogP contribution in [0.25, 0.3) is 0 Å². The molecule has 1 N–H and O–H groups in total. The van der Waals surface area contributed by atoms with Crippen LogP contribution in [0.4, 0.5) is 4.39 Å². The highest BCUT2D eigenvalue weighted by atomic mass is 19.1. The van der Waals surface area contributed by atoms with Gasteiger partial charge in [-0.2, -0.15) is 0 Å². The van der Waals surface area contributed by atoms with E-state index in [0.717, 1.165) is 0 Å². The van der Waals surface area contributed by atoms with Crippen LogP contribution in [0.5, 0.6) is 5.75 Å². The second-order valence-electron chi connectivity index (χ2n) is 2.54. The summed E-state index contributed by atoms with van der Waals surface area (Å²) in [7, 11) is 1.42. The van der Waals surface area contributed by atoms with Crippen molar-refractivity contribution >= 4 is 0 Å². The van der Waals surface area contributed by atoms with Gasteiger partial charge in [0.25, 0.3) is 0 Å². The Hall–Kier alpha value is -1.35. The maximum absolute atomic E-state index is 13.2. The monoisotopic (exact) mass is 182 g/mol. The zero-order chi connectivity index (χ0) is 9.84. The molecule has 1 aromatic rings.